The number of nitrogens with two attached hydrogens (primary N) is 1. The Morgan fingerprint density at radius 1 is 1.22 bits per heavy atom. The lowest BCUT2D eigenvalue weighted by Crippen LogP contribution is -2.34. The van der Waals surface area contributed by atoms with Gasteiger partial charge in [-0.3, -0.25) is 9.59 Å². The molecule has 0 bridgehead atoms. The fourth-order valence-electron chi connectivity index (χ4n) is 2.91. The number of hydrogen-bond acceptors (Lipinski definition) is 2. The van der Waals surface area contributed by atoms with Gasteiger partial charge in [0.25, 0.3) is 5.91 Å². The van der Waals surface area contributed by atoms with Gasteiger partial charge in [-0.2, -0.15) is 0 Å². The van der Waals surface area contributed by atoms with Crippen molar-refractivity contribution in [2.45, 2.75) is 26.8 Å². The molecule has 1 atom stereocenters. The first-order valence-corrected chi connectivity index (χ1v) is 7.63. The number of carbonyl (C=O) groups excluding carboxylic acids is 2. The monoisotopic (exact) mass is 313 g/mol. The summed E-state index contributed by atoms with van der Waals surface area (Å²) in [5, 5.41) is 0. The zero-order chi connectivity index (χ0) is 17.1. The Bertz CT molecular complexity index is 719. The van der Waals surface area contributed by atoms with Gasteiger partial charge < -0.3 is 15.6 Å². The van der Waals surface area contributed by atoms with Crippen molar-refractivity contribution in [1.82, 2.24) is 9.88 Å². The molecule has 0 spiro atoms. The maximum absolute atomic E-state index is 12.8. The van der Waals surface area contributed by atoms with Gasteiger partial charge in [0.05, 0.1) is 11.6 Å². The van der Waals surface area contributed by atoms with Crippen molar-refractivity contribution < 1.29 is 9.59 Å². The molecule has 0 unspecified atom stereocenters. The van der Waals surface area contributed by atoms with Crippen LogP contribution in [0.1, 0.15) is 51.9 Å². The van der Waals surface area contributed by atoms with Crippen molar-refractivity contribution >= 4 is 11.8 Å². The molecule has 3 N–H and O–H groups in total. The first-order chi connectivity index (χ1) is 10.8. The molecule has 122 valence electrons. The molecule has 5 heteroatoms. The Morgan fingerprint density at radius 2 is 1.87 bits per heavy atom. The van der Waals surface area contributed by atoms with Gasteiger partial charge in [0.1, 0.15) is 5.69 Å². The van der Waals surface area contributed by atoms with E-state index in [2.05, 4.69) is 18.8 Å². The van der Waals surface area contributed by atoms with Crippen molar-refractivity contribution in [1.29, 1.82) is 0 Å². The molecule has 2 aromatic rings. The van der Waals surface area contributed by atoms with Crippen LogP contribution in [-0.2, 0) is 0 Å². The topological polar surface area (TPSA) is 79.2 Å². The summed E-state index contributed by atoms with van der Waals surface area (Å²) in [6.07, 6.45) is 1.46. The van der Waals surface area contributed by atoms with Crippen molar-refractivity contribution in [3.05, 3.63) is 58.9 Å². The zero-order valence-corrected chi connectivity index (χ0v) is 14.0. The molecule has 0 fully saturated rings. The molecule has 1 aromatic carbocycles. The minimum atomic E-state index is -0.553. The minimum Gasteiger partial charge on any atom is -0.366 e. The largest absolute Gasteiger partial charge is 0.366 e. The molecule has 23 heavy (non-hydrogen) atoms. The number of aryl methyl sites for hydroxylation is 1. The molecule has 0 saturated heterocycles. The summed E-state index contributed by atoms with van der Waals surface area (Å²) in [5.74, 6) is -0.475. The van der Waals surface area contributed by atoms with E-state index in [1.165, 1.54) is 12.3 Å². The summed E-state index contributed by atoms with van der Waals surface area (Å²) in [7, 11) is 1.78. The third kappa shape index (κ3) is 3.44. The maximum Gasteiger partial charge on any atom is 0.270 e. The third-order valence-electron chi connectivity index (χ3n) is 4.07. The van der Waals surface area contributed by atoms with Gasteiger partial charge in [-0.1, -0.05) is 38.1 Å². The van der Waals surface area contributed by atoms with E-state index < -0.39 is 5.91 Å². The summed E-state index contributed by atoms with van der Waals surface area (Å²) in [5.41, 5.74) is 8.18. The SMILES string of the molecule is Cc1ccccc1[C@H](C(C)C)N(C)C(=O)c1cc(C(N)=O)c[nH]1. The lowest BCUT2D eigenvalue weighted by atomic mass is 9.91. The second kappa shape index (κ2) is 6.69. The van der Waals surface area contributed by atoms with Crippen LogP contribution in [0.3, 0.4) is 0 Å². The number of aromatic amines is 1. The molecule has 0 radical (unpaired) electrons. The molecular formula is C18H23N3O2. The number of amides is 2. The Labute approximate surface area is 136 Å². The lowest BCUT2D eigenvalue weighted by molar-refractivity contribution is 0.0681. The van der Waals surface area contributed by atoms with Crippen LogP contribution in [0.15, 0.2) is 36.5 Å². The Kier molecular flexibility index (Phi) is 4.89. The number of hydrogen-bond donors (Lipinski definition) is 2. The minimum absolute atomic E-state index is 0.0518. The molecule has 1 heterocycles. The van der Waals surface area contributed by atoms with Crippen LogP contribution in [0.25, 0.3) is 0 Å². The van der Waals surface area contributed by atoms with E-state index >= 15 is 0 Å². The van der Waals surface area contributed by atoms with Gasteiger partial charge in [-0.25, -0.2) is 0 Å². The highest BCUT2D eigenvalue weighted by molar-refractivity contribution is 5.98. The van der Waals surface area contributed by atoms with Gasteiger partial charge in [0, 0.05) is 13.2 Å². The van der Waals surface area contributed by atoms with E-state index in [0.717, 1.165) is 11.1 Å². The summed E-state index contributed by atoms with van der Waals surface area (Å²) >= 11 is 0. The molecule has 0 aliphatic rings. The predicted octanol–water partition coefficient (Wildman–Crippen LogP) is 2.89. The highest BCUT2D eigenvalue weighted by Gasteiger charge is 2.27. The van der Waals surface area contributed by atoms with Crippen molar-refractivity contribution in [3.8, 4) is 0 Å². The molecule has 2 rings (SSSR count). The standard InChI is InChI=1S/C18H23N3O2/c1-11(2)16(14-8-6-5-7-12(14)3)21(4)18(23)15-9-13(10-20-15)17(19)22/h5-11,16,20H,1-4H3,(H2,19,22)/t16-/m0/s1. The van der Waals surface area contributed by atoms with Gasteiger partial charge >= 0.3 is 0 Å². The van der Waals surface area contributed by atoms with E-state index in [1.54, 1.807) is 11.9 Å². The molecule has 1 aromatic heterocycles. The Balaban J connectivity index is 2.34. The average molecular weight is 313 g/mol. The average Bonchev–Trinajstić information content (AvgIpc) is 2.98. The number of carbonyl (C=O) groups is 2. The van der Waals surface area contributed by atoms with Crippen LogP contribution in [0, 0.1) is 12.8 Å². The molecule has 5 nitrogen and oxygen atoms in total. The lowest BCUT2D eigenvalue weighted by Gasteiger charge is -2.32. The fourth-order valence-corrected chi connectivity index (χ4v) is 2.91. The fraction of sp³-hybridized carbons (Fsp3) is 0.333. The number of nitrogens with zero attached hydrogens (tertiary/aromatic N) is 1. The summed E-state index contributed by atoms with van der Waals surface area (Å²) < 4.78 is 0. The number of aromatic nitrogens is 1. The normalized spacial score (nSPS) is 12.2. The van der Waals surface area contributed by atoms with Crippen LogP contribution in [0.4, 0.5) is 0 Å². The number of H-pyrrole nitrogens is 1. The molecule has 0 aliphatic heterocycles. The molecular weight excluding hydrogens is 290 g/mol. The molecule has 0 aliphatic carbocycles. The number of benzene rings is 1. The van der Waals surface area contributed by atoms with E-state index in [4.69, 9.17) is 5.73 Å². The zero-order valence-electron chi connectivity index (χ0n) is 14.0. The Hall–Kier alpha value is -2.56. The van der Waals surface area contributed by atoms with Gasteiger partial charge in [-0.05, 0) is 30.0 Å². The summed E-state index contributed by atoms with van der Waals surface area (Å²) in [6.45, 7) is 6.22. The highest BCUT2D eigenvalue weighted by atomic mass is 16.2. The quantitative estimate of drug-likeness (QED) is 0.890. The Morgan fingerprint density at radius 3 is 2.39 bits per heavy atom. The van der Waals surface area contributed by atoms with Gasteiger partial charge in [-0.15, -0.1) is 0 Å². The van der Waals surface area contributed by atoms with Gasteiger partial charge in [0.2, 0.25) is 5.91 Å². The number of rotatable bonds is 5. The number of nitrogens with one attached hydrogen (secondary N) is 1. The van der Waals surface area contributed by atoms with E-state index in [-0.39, 0.29) is 17.9 Å². The van der Waals surface area contributed by atoms with E-state index in [9.17, 15) is 9.59 Å². The molecule has 2 amide bonds. The molecule has 0 saturated carbocycles. The van der Waals surface area contributed by atoms with Crippen LogP contribution in [-0.4, -0.2) is 28.7 Å². The van der Waals surface area contributed by atoms with Crippen molar-refractivity contribution in [3.63, 3.8) is 0 Å². The van der Waals surface area contributed by atoms with E-state index in [1.807, 2.05) is 31.2 Å². The summed E-state index contributed by atoms with van der Waals surface area (Å²) in [4.78, 5) is 28.5. The predicted molar refractivity (Wildman–Crippen MR) is 90.2 cm³/mol. The van der Waals surface area contributed by atoms with Crippen molar-refractivity contribution in [2.24, 2.45) is 11.7 Å². The van der Waals surface area contributed by atoms with Crippen LogP contribution < -0.4 is 5.73 Å². The first-order valence-electron chi connectivity index (χ1n) is 7.63. The highest BCUT2D eigenvalue weighted by Crippen LogP contribution is 2.30. The van der Waals surface area contributed by atoms with Gasteiger partial charge in [0.15, 0.2) is 0 Å². The summed E-state index contributed by atoms with van der Waals surface area (Å²) in [6, 6.07) is 9.51. The maximum atomic E-state index is 12.8. The van der Waals surface area contributed by atoms with Crippen LogP contribution >= 0.6 is 0 Å². The van der Waals surface area contributed by atoms with Crippen LogP contribution in [0.2, 0.25) is 0 Å². The second-order valence-electron chi connectivity index (χ2n) is 6.13. The van der Waals surface area contributed by atoms with Crippen molar-refractivity contribution in [2.75, 3.05) is 7.05 Å². The third-order valence-corrected chi connectivity index (χ3v) is 4.07. The van der Waals surface area contributed by atoms with Crippen LogP contribution in [0.5, 0.6) is 0 Å². The number of primary amides is 1. The second-order valence-corrected chi connectivity index (χ2v) is 6.13. The van der Waals surface area contributed by atoms with E-state index in [0.29, 0.717) is 11.3 Å². The first kappa shape index (κ1) is 16.8. The smallest absolute Gasteiger partial charge is 0.270 e.